The molecule has 0 radical (unpaired) electrons. The Bertz CT molecular complexity index is 1040. The zero-order chi connectivity index (χ0) is 22.5. The molecule has 3 aromatic rings. The lowest BCUT2D eigenvalue weighted by Crippen LogP contribution is -2.31. The van der Waals surface area contributed by atoms with Crippen molar-refractivity contribution in [1.29, 1.82) is 0 Å². The summed E-state index contributed by atoms with van der Waals surface area (Å²) in [7, 11) is 3.51. The van der Waals surface area contributed by atoms with Gasteiger partial charge in [0.15, 0.2) is 0 Å². The Labute approximate surface area is 188 Å². The fraction of sp³-hybridized carbons (Fsp3) is 0.500. The lowest BCUT2D eigenvalue weighted by molar-refractivity contribution is 0.0785. The molecule has 0 atom stereocenters. The van der Waals surface area contributed by atoms with Crippen LogP contribution in [-0.4, -0.2) is 64.0 Å². The average molecular weight is 440 g/mol. The molecule has 4 rings (SSSR count). The first-order valence-electron chi connectivity index (χ1n) is 11.4. The number of ether oxygens (including phenoxy) is 1. The van der Waals surface area contributed by atoms with Gasteiger partial charge in [-0.3, -0.25) is 9.48 Å². The minimum atomic E-state index is 0.0241. The molecule has 3 N–H and O–H groups in total. The van der Waals surface area contributed by atoms with Crippen molar-refractivity contribution in [2.24, 2.45) is 5.92 Å². The molecule has 0 unspecified atom stereocenters. The SMILES string of the molecule is COc1cccc2[nH]cc(C(=O)N(C)CCC3CCC(Nc4cnn(CCO)c4)CC3)c12. The summed E-state index contributed by atoms with van der Waals surface area (Å²) in [4.78, 5) is 18.1. The van der Waals surface area contributed by atoms with Crippen LogP contribution in [0, 0.1) is 5.92 Å². The molecular formula is C24H33N5O3. The van der Waals surface area contributed by atoms with Crippen molar-refractivity contribution in [3.63, 3.8) is 0 Å². The summed E-state index contributed by atoms with van der Waals surface area (Å²) in [6.45, 7) is 1.36. The van der Waals surface area contributed by atoms with Crippen LogP contribution in [0.2, 0.25) is 0 Å². The number of H-pyrrole nitrogens is 1. The highest BCUT2D eigenvalue weighted by Gasteiger charge is 2.23. The maximum atomic E-state index is 13.1. The van der Waals surface area contributed by atoms with Gasteiger partial charge in [0.1, 0.15) is 5.75 Å². The Kier molecular flexibility index (Phi) is 6.99. The quantitative estimate of drug-likeness (QED) is 0.474. The first kappa shape index (κ1) is 22.2. The molecule has 8 heteroatoms. The monoisotopic (exact) mass is 439 g/mol. The number of anilines is 1. The van der Waals surface area contributed by atoms with Crippen LogP contribution in [0.15, 0.2) is 36.8 Å². The van der Waals surface area contributed by atoms with E-state index in [0.717, 1.165) is 55.2 Å². The molecule has 1 aromatic carbocycles. The van der Waals surface area contributed by atoms with Gasteiger partial charge in [0.25, 0.3) is 5.91 Å². The van der Waals surface area contributed by atoms with E-state index in [-0.39, 0.29) is 12.5 Å². The number of methoxy groups -OCH3 is 1. The van der Waals surface area contributed by atoms with Crippen LogP contribution in [-0.2, 0) is 6.54 Å². The Morgan fingerprint density at radius 1 is 1.34 bits per heavy atom. The molecule has 8 nitrogen and oxygen atoms in total. The maximum Gasteiger partial charge on any atom is 0.255 e. The van der Waals surface area contributed by atoms with Crippen molar-refractivity contribution < 1.29 is 14.6 Å². The number of amides is 1. The maximum absolute atomic E-state index is 13.1. The zero-order valence-electron chi connectivity index (χ0n) is 18.9. The fourth-order valence-electron chi connectivity index (χ4n) is 4.67. The second-order valence-electron chi connectivity index (χ2n) is 8.68. The van der Waals surface area contributed by atoms with E-state index in [1.54, 1.807) is 18.0 Å². The van der Waals surface area contributed by atoms with Crippen LogP contribution < -0.4 is 10.1 Å². The highest BCUT2D eigenvalue weighted by atomic mass is 16.5. The molecule has 2 aromatic heterocycles. The van der Waals surface area contributed by atoms with Crippen molar-refractivity contribution in [3.8, 4) is 5.75 Å². The molecular weight excluding hydrogens is 406 g/mol. The van der Waals surface area contributed by atoms with E-state index >= 15 is 0 Å². The van der Waals surface area contributed by atoms with Crippen LogP contribution in [0.4, 0.5) is 5.69 Å². The lowest BCUT2D eigenvalue weighted by Gasteiger charge is -2.30. The summed E-state index contributed by atoms with van der Waals surface area (Å²) in [5.74, 6) is 1.38. The third-order valence-electron chi connectivity index (χ3n) is 6.52. The summed E-state index contributed by atoms with van der Waals surface area (Å²) in [5.41, 5.74) is 2.59. The first-order chi connectivity index (χ1) is 15.6. The van der Waals surface area contributed by atoms with E-state index < -0.39 is 0 Å². The van der Waals surface area contributed by atoms with Gasteiger partial charge in [-0.15, -0.1) is 0 Å². The number of rotatable bonds is 9. The highest BCUT2D eigenvalue weighted by Crippen LogP contribution is 2.31. The Hall–Kier alpha value is -3.00. The van der Waals surface area contributed by atoms with Crippen LogP contribution in [0.25, 0.3) is 10.9 Å². The number of nitrogens with one attached hydrogen (secondary N) is 2. The minimum absolute atomic E-state index is 0.0241. The van der Waals surface area contributed by atoms with Gasteiger partial charge >= 0.3 is 0 Å². The standard InChI is InChI=1S/C24H33N5O3/c1-28(24(31)20-15-25-21-4-3-5-22(32-2)23(20)21)11-10-17-6-8-18(9-7-17)27-19-14-26-29(16-19)12-13-30/h3-5,14-18,25,27,30H,6-13H2,1-2H3. The molecule has 1 amide bonds. The topological polar surface area (TPSA) is 95.4 Å². The van der Waals surface area contributed by atoms with Crippen LogP contribution in [0.5, 0.6) is 5.75 Å². The average Bonchev–Trinajstić information content (AvgIpc) is 3.45. The Morgan fingerprint density at radius 2 is 2.16 bits per heavy atom. The number of aromatic amines is 1. The number of benzene rings is 1. The van der Waals surface area contributed by atoms with Crippen LogP contribution in [0.3, 0.4) is 0 Å². The number of nitrogens with zero attached hydrogens (tertiary/aromatic N) is 3. The number of aliphatic hydroxyl groups excluding tert-OH is 1. The van der Waals surface area contributed by atoms with E-state index in [1.165, 1.54) is 0 Å². The number of fused-ring (bicyclic) bond motifs is 1. The Balaban J connectivity index is 1.26. The largest absolute Gasteiger partial charge is 0.496 e. The molecule has 0 bridgehead atoms. The van der Waals surface area contributed by atoms with Crippen molar-refractivity contribution in [3.05, 3.63) is 42.4 Å². The minimum Gasteiger partial charge on any atom is -0.496 e. The molecule has 1 fully saturated rings. The van der Waals surface area contributed by atoms with E-state index in [4.69, 9.17) is 9.84 Å². The molecule has 2 heterocycles. The van der Waals surface area contributed by atoms with Gasteiger partial charge < -0.3 is 25.0 Å². The third-order valence-corrected chi connectivity index (χ3v) is 6.52. The number of aromatic nitrogens is 3. The molecule has 172 valence electrons. The van der Waals surface area contributed by atoms with Gasteiger partial charge in [-0.2, -0.15) is 5.10 Å². The predicted molar refractivity (Wildman–Crippen MR) is 125 cm³/mol. The van der Waals surface area contributed by atoms with Crippen molar-refractivity contribution in [2.45, 2.75) is 44.7 Å². The van der Waals surface area contributed by atoms with Gasteiger partial charge in [0.05, 0.1) is 43.1 Å². The van der Waals surface area contributed by atoms with Gasteiger partial charge in [0, 0.05) is 37.5 Å². The van der Waals surface area contributed by atoms with Gasteiger partial charge in [0.2, 0.25) is 0 Å². The molecule has 0 saturated heterocycles. The molecule has 1 aliphatic rings. The van der Waals surface area contributed by atoms with E-state index in [2.05, 4.69) is 15.4 Å². The van der Waals surface area contributed by atoms with Gasteiger partial charge in [-0.1, -0.05) is 6.07 Å². The molecule has 1 saturated carbocycles. The molecule has 0 spiro atoms. The van der Waals surface area contributed by atoms with Crippen LogP contribution in [0.1, 0.15) is 42.5 Å². The second-order valence-corrected chi connectivity index (χ2v) is 8.68. The summed E-state index contributed by atoms with van der Waals surface area (Å²) < 4.78 is 7.22. The summed E-state index contributed by atoms with van der Waals surface area (Å²) in [5, 5.41) is 17.7. The molecule has 32 heavy (non-hydrogen) atoms. The first-order valence-corrected chi connectivity index (χ1v) is 11.4. The number of hydrogen-bond donors (Lipinski definition) is 3. The van der Waals surface area contributed by atoms with Gasteiger partial charge in [-0.05, 0) is 50.2 Å². The number of aliphatic hydroxyl groups is 1. The van der Waals surface area contributed by atoms with E-state index in [9.17, 15) is 4.79 Å². The van der Waals surface area contributed by atoms with Gasteiger partial charge in [-0.25, -0.2) is 0 Å². The lowest BCUT2D eigenvalue weighted by atomic mass is 9.84. The third kappa shape index (κ3) is 4.91. The second kappa shape index (κ2) is 10.1. The fourth-order valence-corrected chi connectivity index (χ4v) is 4.67. The summed E-state index contributed by atoms with van der Waals surface area (Å²) in [6, 6.07) is 6.22. The smallest absolute Gasteiger partial charge is 0.255 e. The van der Waals surface area contributed by atoms with Crippen molar-refractivity contribution in [2.75, 3.05) is 32.6 Å². The zero-order valence-corrected chi connectivity index (χ0v) is 18.9. The number of carbonyl (C=O) groups is 1. The van der Waals surface area contributed by atoms with E-state index in [1.807, 2.05) is 42.5 Å². The Morgan fingerprint density at radius 3 is 2.91 bits per heavy atom. The highest BCUT2D eigenvalue weighted by molar-refractivity contribution is 6.08. The van der Waals surface area contributed by atoms with E-state index in [0.29, 0.717) is 29.8 Å². The number of carbonyl (C=O) groups excluding carboxylic acids is 1. The molecule has 0 aliphatic heterocycles. The van der Waals surface area contributed by atoms with Crippen molar-refractivity contribution in [1.82, 2.24) is 19.7 Å². The predicted octanol–water partition coefficient (Wildman–Crippen LogP) is 3.50. The molecule has 1 aliphatic carbocycles. The summed E-state index contributed by atoms with van der Waals surface area (Å²) >= 11 is 0. The van der Waals surface area contributed by atoms with Crippen molar-refractivity contribution >= 4 is 22.5 Å². The number of hydrogen-bond acceptors (Lipinski definition) is 5. The normalized spacial score (nSPS) is 18.6. The van der Waals surface area contributed by atoms with Crippen LogP contribution >= 0.6 is 0 Å². The summed E-state index contributed by atoms with van der Waals surface area (Å²) in [6.07, 6.45) is 11.1.